The monoisotopic (exact) mass is 441 g/mol. The third-order valence-electron chi connectivity index (χ3n) is 5.61. The van der Waals surface area contributed by atoms with Crippen LogP contribution in [0.2, 0.25) is 0 Å². The first-order valence-corrected chi connectivity index (χ1v) is 10.9. The quantitative estimate of drug-likeness (QED) is 0.293. The van der Waals surface area contributed by atoms with E-state index >= 15 is 0 Å². The SMILES string of the molecule is COCOc1c(C)c2c(c(/C=C(\CCCCCc3cccnc3)C(=O)O)c1OC)OCC2. The van der Waals surface area contributed by atoms with Gasteiger partial charge >= 0.3 is 5.97 Å². The van der Waals surface area contributed by atoms with E-state index in [1.165, 1.54) is 5.56 Å². The fourth-order valence-electron chi connectivity index (χ4n) is 3.99. The van der Waals surface area contributed by atoms with Crippen molar-refractivity contribution in [1.82, 2.24) is 4.98 Å². The molecular weight excluding hydrogens is 410 g/mol. The summed E-state index contributed by atoms with van der Waals surface area (Å²) in [5.74, 6) is 0.770. The molecule has 3 rings (SSSR count). The van der Waals surface area contributed by atoms with Gasteiger partial charge in [0, 0.05) is 42.6 Å². The lowest BCUT2D eigenvalue weighted by atomic mass is 9.96. The molecule has 1 aliphatic heterocycles. The van der Waals surface area contributed by atoms with Gasteiger partial charge in [-0.2, -0.15) is 0 Å². The Labute approximate surface area is 189 Å². The minimum absolute atomic E-state index is 0.0721. The number of benzene rings is 1. The molecule has 1 aliphatic rings. The van der Waals surface area contributed by atoms with Gasteiger partial charge in [0.2, 0.25) is 0 Å². The van der Waals surface area contributed by atoms with E-state index in [0.717, 1.165) is 43.2 Å². The predicted molar refractivity (Wildman–Crippen MR) is 121 cm³/mol. The third kappa shape index (κ3) is 5.59. The molecule has 0 aliphatic carbocycles. The zero-order valence-corrected chi connectivity index (χ0v) is 19.0. The van der Waals surface area contributed by atoms with Gasteiger partial charge in [0.25, 0.3) is 0 Å². The first kappa shape index (κ1) is 23.6. The average molecular weight is 442 g/mol. The molecule has 1 aromatic carbocycles. The summed E-state index contributed by atoms with van der Waals surface area (Å²) in [6, 6.07) is 3.99. The van der Waals surface area contributed by atoms with Gasteiger partial charge in [0.15, 0.2) is 18.3 Å². The second-order valence-electron chi connectivity index (χ2n) is 7.75. The molecule has 0 fully saturated rings. The topological polar surface area (TPSA) is 87.1 Å². The molecule has 1 N–H and O–H groups in total. The van der Waals surface area contributed by atoms with E-state index in [2.05, 4.69) is 11.1 Å². The van der Waals surface area contributed by atoms with E-state index in [1.54, 1.807) is 26.5 Å². The summed E-state index contributed by atoms with van der Waals surface area (Å²) in [5, 5.41) is 9.84. The van der Waals surface area contributed by atoms with Crippen molar-refractivity contribution >= 4 is 12.0 Å². The fourth-order valence-corrected chi connectivity index (χ4v) is 3.99. The Bertz CT molecular complexity index is 955. The maximum Gasteiger partial charge on any atom is 0.331 e. The van der Waals surface area contributed by atoms with Crippen LogP contribution in [0.5, 0.6) is 17.2 Å². The van der Waals surface area contributed by atoms with Gasteiger partial charge in [0.05, 0.1) is 19.3 Å². The van der Waals surface area contributed by atoms with Gasteiger partial charge in [-0.05, 0) is 50.3 Å². The number of ether oxygens (including phenoxy) is 4. The Balaban J connectivity index is 1.79. The van der Waals surface area contributed by atoms with E-state index < -0.39 is 5.97 Å². The molecule has 1 aromatic heterocycles. The van der Waals surface area contributed by atoms with Crippen molar-refractivity contribution in [2.24, 2.45) is 0 Å². The molecule has 0 saturated carbocycles. The number of unbranched alkanes of at least 4 members (excludes halogenated alkanes) is 2. The van der Waals surface area contributed by atoms with Crippen molar-refractivity contribution in [1.29, 1.82) is 0 Å². The normalized spacial score (nSPS) is 12.9. The minimum Gasteiger partial charge on any atom is -0.492 e. The molecule has 2 heterocycles. The lowest BCUT2D eigenvalue weighted by Crippen LogP contribution is -2.06. The number of carboxylic acids is 1. The number of carboxylic acid groups (broad SMARTS) is 1. The standard InChI is InChI=1S/C25H31NO6/c1-17-20-11-13-31-23(20)21(24(30-3)22(17)32-16-29-2)14-19(25(27)28)10-6-4-5-8-18-9-7-12-26-15-18/h7,9,12,14-15H,4-6,8,10-11,13,16H2,1-3H3,(H,27,28)/b19-14+. The lowest BCUT2D eigenvalue weighted by Gasteiger charge is -2.19. The Morgan fingerprint density at radius 3 is 2.78 bits per heavy atom. The molecule has 7 heteroatoms. The van der Waals surface area contributed by atoms with Gasteiger partial charge in [-0.3, -0.25) is 4.98 Å². The van der Waals surface area contributed by atoms with Crippen molar-refractivity contribution < 1.29 is 28.8 Å². The molecule has 0 bridgehead atoms. The second kappa shape index (κ2) is 11.5. The van der Waals surface area contributed by atoms with Crippen LogP contribution < -0.4 is 14.2 Å². The van der Waals surface area contributed by atoms with Crippen LogP contribution in [-0.4, -0.2) is 43.7 Å². The molecule has 0 amide bonds. The van der Waals surface area contributed by atoms with Crippen molar-refractivity contribution in [3.05, 3.63) is 52.4 Å². The maximum absolute atomic E-state index is 12.0. The van der Waals surface area contributed by atoms with Crippen LogP contribution in [0.3, 0.4) is 0 Å². The maximum atomic E-state index is 12.0. The summed E-state index contributed by atoms with van der Waals surface area (Å²) in [6.07, 6.45) is 10.1. The average Bonchev–Trinajstić information content (AvgIpc) is 3.29. The van der Waals surface area contributed by atoms with Crippen molar-refractivity contribution in [2.75, 3.05) is 27.6 Å². The van der Waals surface area contributed by atoms with Gasteiger partial charge in [-0.1, -0.05) is 12.5 Å². The number of pyridine rings is 1. The van der Waals surface area contributed by atoms with Crippen LogP contribution in [0.25, 0.3) is 6.08 Å². The molecule has 0 unspecified atom stereocenters. The highest BCUT2D eigenvalue weighted by atomic mass is 16.7. The van der Waals surface area contributed by atoms with E-state index in [0.29, 0.717) is 41.4 Å². The first-order valence-electron chi connectivity index (χ1n) is 10.9. The molecule has 2 aromatic rings. The van der Waals surface area contributed by atoms with E-state index in [-0.39, 0.29) is 6.79 Å². The van der Waals surface area contributed by atoms with Crippen LogP contribution in [0.15, 0.2) is 30.1 Å². The summed E-state index contributed by atoms with van der Waals surface area (Å²) < 4.78 is 22.4. The minimum atomic E-state index is -0.939. The van der Waals surface area contributed by atoms with Gasteiger partial charge in [-0.25, -0.2) is 4.79 Å². The summed E-state index contributed by atoms with van der Waals surface area (Å²) in [4.78, 5) is 16.1. The Hall–Kier alpha value is -3.06. The number of fused-ring (bicyclic) bond motifs is 1. The first-order chi connectivity index (χ1) is 15.6. The molecule has 0 saturated heterocycles. The number of carbonyl (C=O) groups is 1. The number of aryl methyl sites for hydroxylation is 1. The number of aliphatic carboxylic acids is 1. The van der Waals surface area contributed by atoms with Crippen LogP contribution in [-0.2, 0) is 22.4 Å². The smallest absolute Gasteiger partial charge is 0.331 e. The number of hydrogen-bond acceptors (Lipinski definition) is 6. The molecule has 32 heavy (non-hydrogen) atoms. The lowest BCUT2D eigenvalue weighted by molar-refractivity contribution is -0.132. The Kier molecular flexibility index (Phi) is 8.50. The van der Waals surface area contributed by atoms with Gasteiger partial charge < -0.3 is 24.1 Å². The molecule has 0 radical (unpaired) electrons. The van der Waals surface area contributed by atoms with Crippen LogP contribution in [0.4, 0.5) is 0 Å². The van der Waals surface area contributed by atoms with Gasteiger partial charge in [0.1, 0.15) is 5.75 Å². The molecule has 0 spiro atoms. The van der Waals surface area contributed by atoms with Crippen molar-refractivity contribution in [3.8, 4) is 17.2 Å². The largest absolute Gasteiger partial charge is 0.492 e. The van der Waals surface area contributed by atoms with Crippen LogP contribution in [0.1, 0.15) is 47.9 Å². The highest BCUT2D eigenvalue weighted by Crippen LogP contribution is 2.47. The molecule has 7 nitrogen and oxygen atoms in total. The van der Waals surface area contributed by atoms with E-state index in [4.69, 9.17) is 18.9 Å². The second-order valence-corrected chi connectivity index (χ2v) is 7.75. The van der Waals surface area contributed by atoms with Gasteiger partial charge in [-0.15, -0.1) is 0 Å². The van der Waals surface area contributed by atoms with E-state index in [9.17, 15) is 9.90 Å². The zero-order valence-electron chi connectivity index (χ0n) is 19.0. The number of hydrogen-bond donors (Lipinski definition) is 1. The summed E-state index contributed by atoms with van der Waals surface area (Å²) in [6.45, 7) is 2.57. The molecule has 172 valence electrons. The summed E-state index contributed by atoms with van der Waals surface area (Å²) >= 11 is 0. The molecular formula is C25H31NO6. The Morgan fingerprint density at radius 2 is 2.09 bits per heavy atom. The zero-order chi connectivity index (χ0) is 22.9. The number of nitrogens with zero attached hydrogens (tertiary/aromatic N) is 1. The highest BCUT2D eigenvalue weighted by molar-refractivity contribution is 5.94. The van der Waals surface area contributed by atoms with Crippen LogP contribution in [0, 0.1) is 6.92 Å². The van der Waals surface area contributed by atoms with E-state index in [1.807, 2.05) is 19.2 Å². The van der Waals surface area contributed by atoms with Crippen LogP contribution >= 0.6 is 0 Å². The number of methoxy groups -OCH3 is 2. The third-order valence-corrected chi connectivity index (χ3v) is 5.61. The summed E-state index contributed by atoms with van der Waals surface area (Å²) in [7, 11) is 3.10. The highest BCUT2D eigenvalue weighted by Gasteiger charge is 2.28. The van der Waals surface area contributed by atoms with Crippen molar-refractivity contribution in [2.45, 2.75) is 45.4 Å². The number of rotatable bonds is 12. The van der Waals surface area contributed by atoms with Crippen molar-refractivity contribution in [3.63, 3.8) is 0 Å². The molecule has 0 atom stereocenters. The predicted octanol–water partition coefficient (Wildman–Crippen LogP) is 4.59. The number of aromatic nitrogens is 1. The summed E-state index contributed by atoms with van der Waals surface area (Å²) in [5.41, 5.74) is 4.08. The fraction of sp³-hybridized carbons (Fsp3) is 0.440. The Morgan fingerprint density at radius 1 is 1.25 bits per heavy atom.